The van der Waals surface area contributed by atoms with Crippen LogP contribution in [0.3, 0.4) is 0 Å². The maximum absolute atomic E-state index is 10.0. The molecule has 1 aromatic rings. The second-order valence-electron chi connectivity index (χ2n) is 4.62. The standard InChI is InChI=1S/C13H18O3/c1-13(2)15-9-12(16-13)11(14)8-10-6-4-3-5-7-10/h3-7,11-12,14H,8-9H2,1-2H3/t11-,12-/m0/s1. The van der Waals surface area contributed by atoms with Crippen LogP contribution in [-0.4, -0.2) is 29.7 Å². The molecule has 3 heteroatoms. The van der Waals surface area contributed by atoms with E-state index in [4.69, 9.17) is 9.47 Å². The molecule has 0 amide bonds. The number of aliphatic hydroxyl groups excluding tert-OH is 1. The first-order valence-corrected chi connectivity index (χ1v) is 5.60. The molecule has 0 unspecified atom stereocenters. The van der Waals surface area contributed by atoms with Crippen molar-refractivity contribution < 1.29 is 14.6 Å². The second kappa shape index (κ2) is 4.53. The normalized spacial score (nSPS) is 25.6. The monoisotopic (exact) mass is 222 g/mol. The third-order valence-electron chi connectivity index (χ3n) is 2.75. The van der Waals surface area contributed by atoms with Crippen molar-refractivity contribution >= 4 is 0 Å². The number of rotatable bonds is 3. The fraction of sp³-hybridized carbons (Fsp3) is 0.538. The lowest BCUT2D eigenvalue weighted by Gasteiger charge is -2.20. The van der Waals surface area contributed by atoms with E-state index in [1.807, 2.05) is 44.2 Å². The summed E-state index contributed by atoms with van der Waals surface area (Å²) in [6, 6.07) is 9.92. The molecule has 2 atom stereocenters. The highest BCUT2D eigenvalue weighted by Gasteiger charge is 2.36. The van der Waals surface area contributed by atoms with E-state index < -0.39 is 11.9 Å². The van der Waals surface area contributed by atoms with E-state index in [0.717, 1.165) is 5.56 Å². The number of ether oxygens (including phenoxy) is 2. The van der Waals surface area contributed by atoms with Crippen LogP contribution in [0.2, 0.25) is 0 Å². The SMILES string of the molecule is CC1(C)OC[C@@H]([C@@H](O)Cc2ccccc2)O1. The Hall–Kier alpha value is -0.900. The molecule has 1 saturated heterocycles. The summed E-state index contributed by atoms with van der Waals surface area (Å²) in [5.74, 6) is -0.567. The molecule has 0 aromatic heterocycles. The van der Waals surface area contributed by atoms with Crippen LogP contribution in [0.4, 0.5) is 0 Å². The molecule has 2 rings (SSSR count). The molecule has 0 saturated carbocycles. The summed E-state index contributed by atoms with van der Waals surface area (Å²) in [4.78, 5) is 0. The summed E-state index contributed by atoms with van der Waals surface area (Å²) in [5, 5.41) is 10.0. The topological polar surface area (TPSA) is 38.7 Å². The minimum Gasteiger partial charge on any atom is -0.390 e. The van der Waals surface area contributed by atoms with Crippen LogP contribution in [0.5, 0.6) is 0 Å². The first kappa shape index (κ1) is 11.6. The Morgan fingerprint density at radius 2 is 2.06 bits per heavy atom. The lowest BCUT2D eigenvalue weighted by atomic mass is 10.0. The van der Waals surface area contributed by atoms with Gasteiger partial charge in [-0.15, -0.1) is 0 Å². The highest BCUT2D eigenvalue weighted by Crippen LogP contribution is 2.25. The van der Waals surface area contributed by atoms with Gasteiger partial charge in [-0.1, -0.05) is 30.3 Å². The lowest BCUT2D eigenvalue weighted by molar-refractivity contribution is -0.150. The minimum absolute atomic E-state index is 0.227. The first-order chi connectivity index (χ1) is 7.57. The zero-order valence-electron chi connectivity index (χ0n) is 9.72. The van der Waals surface area contributed by atoms with Gasteiger partial charge in [0.1, 0.15) is 6.10 Å². The van der Waals surface area contributed by atoms with Crippen molar-refractivity contribution in [1.82, 2.24) is 0 Å². The number of benzene rings is 1. The number of hydrogen-bond donors (Lipinski definition) is 1. The Balaban J connectivity index is 1.92. The lowest BCUT2D eigenvalue weighted by Crippen LogP contribution is -2.32. The highest BCUT2D eigenvalue weighted by atomic mass is 16.7. The third kappa shape index (κ3) is 2.82. The summed E-state index contributed by atoms with van der Waals surface area (Å²) in [6.07, 6.45) is -0.135. The maximum Gasteiger partial charge on any atom is 0.163 e. The van der Waals surface area contributed by atoms with Crippen LogP contribution in [0.25, 0.3) is 0 Å². The van der Waals surface area contributed by atoms with Gasteiger partial charge in [0.05, 0.1) is 12.7 Å². The van der Waals surface area contributed by atoms with Gasteiger partial charge in [-0.3, -0.25) is 0 Å². The molecular formula is C13H18O3. The maximum atomic E-state index is 10.0. The summed E-state index contributed by atoms with van der Waals surface area (Å²) >= 11 is 0. The first-order valence-electron chi connectivity index (χ1n) is 5.60. The van der Waals surface area contributed by atoms with Crippen LogP contribution in [0, 0.1) is 0 Å². The Morgan fingerprint density at radius 3 is 2.62 bits per heavy atom. The zero-order valence-corrected chi connectivity index (χ0v) is 9.72. The van der Waals surface area contributed by atoms with Crippen LogP contribution in [0.1, 0.15) is 19.4 Å². The molecule has 0 aliphatic carbocycles. The van der Waals surface area contributed by atoms with Crippen LogP contribution >= 0.6 is 0 Å². The molecule has 1 fully saturated rings. The molecule has 1 N–H and O–H groups in total. The van der Waals surface area contributed by atoms with Gasteiger partial charge in [0.2, 0.25) is 0 Å². The van der Waals surface area contributed by atoms with E-state index in [1.54, 1.807) is 0 Å². The van der Waals surface area contributed by atoms with Gasteiger partial charge in [-0.05, 0) is 19.4 Å². The Kier molecular flexibility index (Phi) is 3.28. The summed E-state index contributed by atoms with van der Waals surface area (Å²) in [5.41, 5.74) is 1.11. The average Bonchev–Trinajstić information content (AvgIpc) is 2.60. The van der Waals surface area contributed by atoms with Gasteiger partial charge < -0.3 is 14.6 Å². The molecular weight excluding hydrogens is 204 g/mol. The van der Waals surface area contributed by atoms with Gasteiger partial charge in [0, 0.05) is 6.42 Å². The number of hydrogen-bond acceptors (Lipinski definition) is 3. The third-order valence-corrected chi connectivity index (χ3v) is 2.75. The number of aliphatic hydroxyl groups is 1. The van der Waals surface area contributed by atoms with Crippen LogP contribution in [0.15, 0.2) is 30.3 Å². The van der Waals surface area contributed by atoms with Gasteiger partial charge in [-0.25, -0.2) is 0 Å². The second-order valence-corrected chi connectivity index (χ2v) is 4.62. The predicted octanol–water partition coefficient (Wildman–Crippen LogP) is 1.74. The van der Waals surface area contributed by atoms with E-state index in [1.165, 1.54) is 0 Å². The van der Waals surface area contributed by atoms with Crippen LogP contribution in [-0.2, 0) is 15.9 Å². The highest BCUT2D eigenvalue weighted by molar-refractivity contribution is 5.15. The van der Waals surface area contributed by atoms with Crippen LogP contribution < -0.4 is 0 Å². The molecule has 1 aromatic carbocycles. The van der Waals surface area contributed by atoms with Gasteiger partial charge in [0.15, 0.2) is 5.79 Å². The van der Waals surface area contributed by atoms with Crippen molar-refractivity contribution in [1.29, 1.82) is 0 Å². The summed E-state index contributed by atoms with van der Waals surface area (Å²) in [6.45, 7) is 4.19. The fourth-order valence-corrected chi connectivity index (χ4v) is 1.89. The van der Waals surface area contributed by atoms with Crippen molar-refractivity contribution in [2.24, 2.45) is 0 Å². The largest absolute Gasteiger partial charge is 0.390 e. The van der Waals surface area contributed by atoms with E-state index in [2.05, 4.69) is 0 Å². The Labute approximate surface area is 96.0 Å². The van der Waals surface area contributed by atoms with E-state index in [9.17, 15) is 5.11 Å². The Morgan fingerprint density at radius 1 is 1.38 bits per heavy atom. The quantitative estimate of drug-likeness (QED) is 0.846. The molecule has 0 spiro atoms. The fourth-order valence-electron chi connectivity index (χ4n) is 1.89. The van der Waals surface area contributed by atoms with Gasteiger partial charge >= 0.3 is 0 Å². The molecule has 0 radical (unpaired) electrons. The van der Waals surface area contributed by atoms with Gasteiger partial charge in [0.25, 0.3) is 0 Å². The van der Waals surface area contributed by atoms with Crippen molar-refractivity contribution in [3.63, 3.8) is 0 Å². The summed E-state index contributed by atoms with van der Waals surface area (Å²) < 4.78 is 11.0. The summed E-state index contributed by atoms with van der Waals surface area (Å²) in [7, 11) is 0. The van der Waals surface area contributed by atoms with Crippen molar-refractivity contribution in [2.45, 2.75) is 38.3 Å². The van der Waals surface area contributed by atoms with Gasteiger partial charge in [-0.2, -0.15) is 0 Å². The zero-order chi connectivity index (χ0) is 11.6. The molecule has 1 aliphatic rings. The smallest absolute Gasteiger partial charge is 0.163 e. The molecule has 1 aliphatic heterocycles. The average molecular weight is 222 g/mol. The molecule has 0 bridgehead atoms. The molecule has 16 heavy (non-hydrogen) atoms. The van der Waals surface area contributed by atoms with E-state index in [-0.39, 0.29) is 6.10 Å². The van der Waals surface area contributed by atoms with Crippen molar-refractivity contribution in [2.75, 3.05) is 6.61 Å². The van der Waals surface area contributed by atoms with E-state index >= 15 is 0 Å². The molecule has 1 heterocycles. The van der Waals surface area contributed by atoms with E-state index in [0.29, 0.717) is 13.0 Å². The predicted molar refractivity (Wildman–Crippen MR) is 61.1 cm³/mol. The van der Waals surface area contributed by atoms with Crippen molar-refractivity contribution in [3.8, 4) is 0 Å². The Bertz CT molecular complexity index is 334. The minimum atomic E-state index is -0.567. The molecule has 3 nitrogen and oxygen atoms in total. The van der Waals surface area contributed by atoms with Crippen molar-refractivity contribution in [3.05, 3.63) is 35.9 Å². The molecule has 88 valence electrons.